The average Bonchev–Trinajstić information content (AvgIpc) is 2.69. The quantitative estimate of drug-likeness (QED) is 0.263. The van der Waals surface area contributed by atoms with Crippen LogP contribution in [0.15, 0.2) is 27.8 Å². The van der Waals surface area contributed by atoms with Crippen LogP contribution in [0.2, 0.25) is 5.02 Å². The first-order valence-corrected chi connectivity index (χ1v) is 10.2. The number of nitrogens with one attached hydrogen (secondary N) is 1. The van der Waals surface area contributed by atoms with Crippen molar-refractivity contribution in [1.82, 2.24) is 24.0 Å². The third kappa shape index (κ3) is 6.14. The predicted octanol–water partition coefficient (Wildman–Crippen LogP) is 2.76. The fourth-order valence-corrected chi connectivity index (χ4v) is 3.15. The lowest BCUT2D eigenvalue weighted by Crippen LogP contribution is -2.41. The van der Waals surface area contributed by atoms with Crippen LogP contribution < -0.4 is 16.7 Å². The summed E-state index contributed by atoms with van der Waals surface area (Å²) in [5.41, 5.74) is -3.10. The van der Waals surface area contributed by atoms with Gasteiger partial charge in [0.05, 0.1) is 16.3 Å². The average molecular weight is 514 g/mol. The molecule has 0 radical (unpaired) electrons. The molecule has 2 aromatic rings. The maximum absolute atomic E-state index is 14.6. The summed E-state index contributed by atoms with van der Waals surface area (Å²) >= 11 is 6.70. The lowest BCUT2D eigenvalue weighted by atomic mass is 10.1. The van der Waals surface area contributed by atoms with E-state index in [1.54, 1.807) is 7.05 Å². The number of nitrogens with zero attached hydrogens (tertiary/aromatic N) is 4. The number of rotatable bonds is 7. The van der Waals surface area contributed by atoms with Crippen LogP contribution in [0.1, 0.15) is 29.9 Å². The standard InChI is InChI=1S/C18H20ClF4N5O4S/c1-9(2)26(4)32-33-27(5)24-16(30)10-6-13(12(20)7-11(10)19)28-15(29)8-14(18(21,22)23)25(3)17(28)31/h6-9H,1-5H3,(H,24,30). The van der Waals surface area contributed by atoms with Gasteiger partial charge in [0.15, 0.2) is 0 Å². The topological polar surface area (TPSA) is 88.8 Å². The molecule has 0 atom stereocenters. The van der Waals surface area contributed by atoms with Gasteiger partial charge in [-0.2, -0.15) is 18.2 Å². The Labute approximate surface area is 194 Å². The van der Waals surface area contributed by atoms with Crippen molar-refractivity contribution < 1.29 is 26.6 Å². The molecule has 0 bridgehead atoms. The van der Waals surface area contributed by atoms with E-state index >= 15 is 0 Å². The molecule has 0 unspecified atom stereocenters. The second-order valence-corrected chi connectivity index (χ2v) is 8.31. The number of carbonyl (C=O) groups excluding carboxylic acids is 1. The molecule has 0 spiro atoms. The van der Waals surface area contributed by atoms with Gasteiger partial charge >= 0.3 is 11.9 Å². The molecule has 0 aliphatic carbocycles. The third-order valence-electron chi connectivity index (χ3n) is 4.38. The maximum Gasteiger partial charge on any atom is 0.431 e. The first kappa shape index (κ1) is 26.9. The lowest BCUT2D eigenvalue weighted by molar-refractivity contribution is -0.144. The van der Waals surface area contributed by atoms with Gasteiger partial charge in [0.1, 0.15) is 23.7 Å². The number of carbonyl (C=O) groups is 1. The van der Waals surface area contributed by atoms with Crippen LogP contribution in [-0.4, -0.2) is 44.7 Å². The van der Waals surface area contributed by atoms with Crippen LogP contribution in [0.4, 0.5) is 17.6 Å². The summed E-state index contributed by atoms with van der Waals surface area (Å²) in [4.78, 5) is 37.3. The number of alkyl halides is 3. The molecule has 1 aromatic heterocycles. The van der Waals surface area contributed by atoms with Gasteiger partial charge in [-0.3, -0.25) is 19.6 Å². The molecule has 0 aliphatic heterocycles. The number of hydrogen-bond donors (Lipinski definition) is 1. The summed E-state index contributed by atoms with van der Waals surface area (Å²) in [7, 11) is 3.88. The molecule has 1 N–H and O–H groups in total. The number of hydrazine groups is 1. The summed E-state index contributed by atoms with van der Waals surface area (Å²) in [6.07, 6.45) is -4.98. The molecule has 33 heavy (non-hydrogen) atoms. The smallest absolute Gasteiger partial charge is 0.292 e. The van der Waals surface area contributed by atoms with Crippen molar-refractivity contribution in [3.63, 3.8) is 0 Å². The van der Waals surface area contributed by atoms with Gasteiger partial charge in [0, 0.05) is 33.3 Å². The highest BCUT2D eigenvalue weighted by Gasteiger charge is 2.35. The molecule has 1 amide bonds. The summed E-state index contributed by atoms with van der Waals surface area (Å²) in [6.45, 7) is 3.73. The minimum atomic E-state index is -4.98. The van der Waals surface area contributed by atoms with Crippen molar-refractivity contribution >= 4 is 29.7 Å². The zero-order valence-electron chi connectivity index (χ0n) is 18.0. The Bertz CT molecular complexity index is 1170. The fraction of sp³-hybridized carbons (Fsp3) is 0.389. The van der Waals surface area contributed by atoms with Crippen molar-refractivity contribution in [3.8, 4) is 5.69 Å². The van der Waals surface area contributed by atoms with E-state index in [1.807, 2.05) is 13.8 Å². The normalized spacial score (nSPS) is 12.2. The molecular formula is C18H20ClF4N5O4S. The monoisotopic (exact) mass is 513 g/mol. The number of hydroxylamine groups is 2. The second-order valence-electron chi connectivity index (χ2n) is 7.05. The number of benzene rings is 1. The first-order chi connectivity index (χ1) is 15.1. The van der Waals surface area contributed by atoms with Gasteiger partial charge in [-0.25, -0.2) is 18.0 Å². The summed E-state index contributed by atoms with van der Waals surface area (Å²) in [6, 6.07) is 1.66. The molecule has 0 aliphatic rings. The van der Waals surface area contributed by atoms with Crippen molar-refractivity contribution in [2.24, 2.45) is 7.05 Å². The van der Waals surface area contributed by atoms with Crippen LogP contribution in [0.3, 0.4) is 0 Å². The van der Waals surface area contributed by atoms with Crippen molar-refractivity contribution in [2.45, 2.75) is 26.1 Å². The maximum atomic E-state index is 14.6. The molecule has 2 rings (SSSR count). The number of aromatic nitrogens is 2. The molecule has 182 valence electrons. The van der Waals surface area contributed by atoms with Crippen molar-refractivity contribution in [2.75, 3.05) is 14.1 Å². The van der Waals surface area contributed by atoms with Gasteiger partial charge in [-0.05, 0) is 26.0 Å². The second kappa shape index (κ2) is 10.3. The molecule has 15 heteroatoms. The molecule has 9 nitrogen and oxygen atoms in total. The third-order valence-corrected chi connectivity index (χ3v) is 5.31. The molecule has 0 saturated carbocycles. The van der Waals surface area contributed by atoms with Crippen LogP contribution in [0, 0.1) is 5.82 Å². The van der Waals surface area contributed by atoms with Crippen molar-refractivity contribution in [1.29, 1.82) is 0 Å². The largest absolute Gasteiger partial charge is 0.431 e. The Balaban J connectivity index is 2.44. The van der Waals surface area contributed by atoms with Gasteiger partial charge in [0.25, 0.3) is 11.5 Å². The zero-order valence-corrected chi connectivity index (χ0v) is 19.6. The Morgan fingerprint density at radius 2 is 1.82 bits per heavy atom. The Hall–Kier alpha value is -2.39. The van der Waals surface area contributed by atoms with Gasteiger partial charge in [-0.1, -0.05) is 11.6 Å². The van der Waals surface area contributed by atoms with E-state index in [1.165, 1.54) is 16.5 Å². The minimum absolute atomic E-state index is 0.0420. The Morgan fingerprint density at radius 3 is 2.36 bits per heavy atom. The SMILES string of the molecule is CC(C)N(C)OSN(C)NC(=O)c1cc(-n2c(=O)cc(C(F)(F)F)n(C)c2=O)c(F)cc1Cl. The van der Waals surface area contributed by atoms with E-state index in [9.17, 15) is 31.9 Å². The van der Waals surface area contributed by atoms with Crippen LogP contribution in [0.5, 0.6) is 0 Å². The van der Waals surface area contributed by atoms with E-state index in [0.717, 1.165) is 25.3 Å². The Morgan fingerprint density at radius 1 is 1.21 bits per heavy atom. The number of amides is 1. The highest BCUT2D eigenvalue weighted by Crippen LogP contribution is 2.27. The Kier molecular flexibility index (Phi) is 8.35. The molecule has 1 heterocycles. The highest BCUT2D eigenvalue weighted by molar-refractivity contribution is 7.92. The van der Waals surface area contributed by atoms with Gasteiger partial charge < -0.3 is 0 Å². The van der Waals surface area contributed by atoms with E-state index in [2.05, 4.69) is 5.43 Å². The molecule has 0 saturated heterocycles. The van der Waals surface area contributed by atoms with E-state index in [0.29, 0.717) is 6.07 Å². The fourth-order valence-electron chi connectivity index (χ4n) is 2.41. The molecule has 1 aromatic carbocycles. The minimum Gasteiger partial charge on any atom is -0.292 e. The predicted molar refractivity (Wildman–Crippen MR) is 114 cm³/mol. The molecular weight excluding hydrogens is 494 g/mol. The van der Waals surface area contributed by atoms with Crippen LogP contribution >= 0.6 is 23.8 Å². The van der Waals surface area contributed by atoms with E-state index in [4.69, 9.17) is 15.9 Å². The van der Waals surface area contributed by atoms with Gasteiger partial charge in [-0.15, -0.1) is 4.41 Å². The van der Waals surface area contributed by atoms with E-state index < -0.39 is 40.5 Å². The number of hydrogen-bond acceptors (Lipinski definition) is 7. The molecule has 0 fully saturated rings. The van der Waals surface area contributed by atoms with Crippen LogP contribution in [0.25, 0.3) is 5.69 Å². The van der Waals surface area contributed by atoms with Gasteiger partial charge in [0.2, 0.25) is 0 Å². The zero-order chi connectivity index (χ0) is 25.2. The van der Waals surface area contributed by atoms with E-state index in [-0.39, 0.29) is 31.8 Å². The summed E-state index contributed by atoms with van der Waals surface area (Å²) in [5, 5.41) is 1.15. The number of halogens is 5. The summed E-state index contributed by atoms with van der Waals surface area (Å²) in [5.74, 6) is -2.05. The first-order valence-electron chi connectivity index (χ1n) is 9.17. The summed E-state index contributed by atoms with van der Waals surface area (Å²) < 4.78 is 60.5. The van der Waals surface area contributed by atoms with Crippen LogP contribution in [-0.2, 0) is 17.5 Å². The lowest BCUT2D eigenvalue weighted by Gasteiger charge is -2.22. The highest BCUT2D eigenvalue weighted by atomic mass is 35.5. The van der Waals surface area contributed by atoms with Crippen molar-refractivity contribution in [3.05, 3.63) is 61.1 Å².